The summed E-state index contributed by atoms with van der Waals surface area (Å²) in [5.41, 5.74) is 0.924. The van der Waals surface area contributed by atoms with Crippen LogP contribution >= 0.6 is 0 Å². The molecule has 0 bridgehead atoms. The predicted molar refractivity (Wildman–Crippen MR) is 116 cm³/mol. The highest BCUT2D eigenvalue weighted by molar-refractivity contribution is 6.05. The smallest absolute Gasteiger partial charge is 0.279 e. The van der Waals surface area contributed by atoms with Crippen molar-refractivity contribution in [2.75, 3.05) is 7.11 Å². The number of fused-ring (bicyclic) bond motifs is 1. The minimum absolute atomic E-state index is 0.111. The van der Waals surface area contributed by atoms with E-state index in [-0.39, 0.29) is 17.0 Å². The SMILES string of the molecule is COc1ccc([C@@H](C)NC(=O)c2nn(-c3ccccc3)c(=O)c3ccccc23)cc1F. The number of para-hydroxylation sites is 1. The third-order valence-electron chi connectivity index (χ3n) is 5.04. The Labute approximate surface area is 177 Å². The highest BCUT2D eigenvalue weighted by atomic mass is 19.1. The van der Waals surface area contributed by atoms with Crippen LogP contribution in [0, 0.1) is 5.82 Å². The van der Waals surface area contributed by atoms with Gasteiger partial charge in [0.1, 0.15) is 0 Å². The van der Waals surface area contributed by atoms with Crippen molar-refractivity contribution in [2.24, 2.45) is 0 Å². The number of carbonyl (C=O) groups excluding carboxylic acids is 1. The Morgan fingerprint density at radius 1 is 1.03 bits per heavy atom. The van der Waals surface area contributed by atoms with E-state index in [0.717, 1.165) is 0 Å². The Morgan fingerprint density at radius 2 is 1.71 bits per heavy atom. The third kappa shape index (κ3) is 3.90. The summed E-state index contributed by atoms with van der Waals surface area (Å²) in [6, 6.07) is 19.8. The number of rotatable bonds is 5. The van der Waals surface area contributed by atoms with Gasteiger partial charge in [0.05, 0.1) is 24.2 Å². The van der Waals surface area contributed by atoms with E-state index < -0.39 is 17.8 Å². The van der Waals surface area contributed by atoms with Crippen molar-refractivity contribution in [1.29, 1.82) is 0 Å². The number of hydrogen-bond donors (Lipinski definition) is 1. The molecule has 1 aromatic heterocycles. The zero-order valence-corrected chi connectivity index (χ0v) is 17.0. The average molecular weight is 417 g/mol. The van der Waals surface area contributed by atoms with Crippen LogP contribution in [0.1, 0.15) is 29.0 Å². The van der Waals surface area contributed by atoms with E-state index in [1.54, 1.807) is 61.5 Å². The van der Waals surface area contributed by atoms with Crippen molar-refractivity contribution in [2.45, 2.75) is 13.0 Å². The Hall–Kier alpha value is -4.00. The quantitative estimate of drug-likeness (QED) is 0.532. The molecule has 1 atom stereocenters. The Balaban J connectivity index is 1.75. The van der Waals surface area contributed by atoms with Gasteiger partial charge in [-0.15, -0.1) is 0 Å². The van der Waals surface area contributed by atoms with Crippen molar-refractivity contribution < 1.29 is 13.9 Å². The summed E-state index contributed by atoms with van der Waals surface area (Å²) in [5.74, 6) is -0.850. The van der Waals surface area contributed by atoms with E-state index in [0.29, 0.717) is 22.0 Å². The molecule has 0 spiro atoms. The zero-order valence-electron chi connectivity index (χ0n) is 17.0. The van der Waals surface area contributed by atoms with E-state index in [2.05, 4.69) is 10.4 Å². The van der Waals surface area contributed by atoms with Crippen molar-refractivity contribution in [3.8, 4) is 11.4 Å². The number of nitrogens with zero attached hydrogens (tertiary/aromatic N) is 2. The molecule has 0 aliphatic carbocycles. The number of ether oxygens (including phenoxy) is 1. The monoisotopic (exact) mass is 417 g/mol. The second-order valence-electron chi connectivity index (χ2n) is 7.04. The van der Waals surface area contributed by atoms with Crippen LogP contribution in [-0.4, -0.2) is 22.8 Å². The van der Waals surface area contributed by atoms with Gasteiger partial charge in [-0.1, -0.05) is 42.5 Å². The first-order chi connectivity index (χ1) is 15.0. The van der Waals surface area contributed by atoms with Crippen molar-refractivity contribution in [3.05, 3.63) is 100 Å². The van der Waals surface area contributed by atoms with Gasteiger partial charge >= 0.3 is 0 Å². The summed E-state index contributed by atoms with van der Waals surface area (Å²) in [4.78, 5) is 26.1. The van der Waals surface area contributed by atoms with Crippen LogP contribution in [-0.2, 0) is 0 Å². The highest BCUT2D eigenvalue weighted by Crippen LogP contribution is 2.22. The summed E-state index contributed by atoms with van der Waals surface area (Å²) in [7, 11) is 1.39. The lowest BCUT2D eigenvalue weighted by atomic mass is 10.1. The van der Waals surface area contributed by atoms with Crippen LogP contribution in [0.25, 0.3) is 16.5 Å². The van der Waals surface area contributed by atoms with Gasteiger partial charge in [-0.3, -0.25) is 9.59 Å². The lowest BCUT2D eigenvalue weighted by Gasteiger charge is -2.16. The van der Waals surface area contributed by atoms with Gasteiger partial charge in [0.15, 0.2) is 17.3 Å². The molecular weight excluding hydrogens is 397 g/mol. The molecule has 3 aromatic carbocycles. The summed E-state index contributed by atoms with van der Waals surface area (Å²) in [6.45, 7) is 1.74. The molecule has 31 heavy (non-hydrogen) atoms. The Morgan fingerprint density at radius 3 is 2.39 bits per heavy atom. The Bertz CT molecular complexity index is 1320. The maximum atomic E-state index is 14.1. The molecule has 1 heterocycles. The molecule has 4 rings (SSSR count). The van der Waals surface area contributed by atoms with Crippen LogP contribution < -0.4 is 15.6 Å². The molecule has 0 radical (unpaired) electrons. The van der Waals surface area contributed by atoms with Crippen LogP contribution in [0.2, 0.25) is 0 Å². The number of benzene rings is 3. The fourth-order valence-corrected chi connectivity index (χ4v) is 3.40. The number of nitrogens with one attached hydrogen (secondary N) is 1. The number of hydrogen-bond acceptors (Lipinski definition) is 4. The normalized spacial score (nSPS) is 11.8. The van der Waals surface area contributed by atoms with Crippen LogP contribution in [0.15, 0.2) is 77.6 Å². The highest BCUT2D eigenvalue weighted by Gasteiger charge is 2.20. The van der Waals surface area contributed by atoms with Gasteiger partial charge in [0.25, 0.3) is 11.5 Å². The number of halogens is 1. The lowest BCUT2D eigenvalue weighted by Crippen LogP contribution is -2.31. The lowest BCUT2D eigenvalue weighted by molar-refractivity contribution is 0.0935. The van der Waals surface area contributed by atoms with Crippen LogP contribution in [0.3, 0.4) is 0 Å². The molecule has 1 amide bonds. The molecule has 7 heteroatoms. The number of methoxy groups -OCH3 is 1. The third-order valence-corrected chi connectivity index (χ3v) is 5.04. The maximum absolute atomic E-state index is 14.1. The van der Waals surface area contributed by atoms with Gasteiger partial charge in [-0.05, 0) is 42.8 Å². The van der Waals surface area contributed by atoms with E-state index in [9.17, 15) is 14.0 Å². The standard InChI is InChI=1S/C24H20FN3O3/c1-15(16-12-13-21(31-2)20(25)14-16)26-23(29)22-18-10-6-7-11-19(18)24(30)28(27-22)17-8-4-3-5-9-17/h3-15H,1-2H3,(H,26,29)/t15-/m1/s1. The first-order valence-corrected chi connectivity index (χ1v) is 9.71. The van der Waals surface area contributed by atoms with Gasteiger partial charge < -0.3 is 10.1 Å². The zero-order chi connectivity index (χ0) is 22.0. The first kappa shape index (κ1) is 20.3. The molecule has 4 aromatic rings. The van der Waals surface area contributed by atoms with E-state index in [4.69, 9.17) is 4.74 Å². The second kappa shape index (κ2) is 8.39. The molecule has 1 N–H and O–H groups in total. The number of amides is 1. The molecule has 6 nitrogen and oxygen atoms in total. The van der Waals surface area contributed by atoms with Crippen molar-refractivity contribution in [1.82, 2.24) is 15.1 Å². The summed E-state index contributed by atoms with van der Waals surface area (Å²) >= 11 is 0. The van der Waals surface area contributed by atoms with Gasteiger partial charge in [-0.2, -0.15) is 9.78 Å². The predicted octanol–water partition coefficient (Wildman–Crippen LogP) is 4.02. The van der Waals surface area contributed by atoms with E-state index in [1.807, 2.05) is 6.07 Å². The van der Waals surface area contributed by atoms with Gasteiger partial charge in [0.2, 0.25) is 0 Å². The van der Waals surface area contributed by atoms with E-state index >= 15 is 0 Å². The molecule has 0 saturated carbocycles. The molecule has 0 unspecified atom stereocenters. The van der Waals surface area contributed by atoms with E-state index in [1.165, 1.54) is 23.9 Å². The number of aromatic nitrogens is 2. The Kier molecular flexibility index (Phi) is 5.49. The van der Waals surface area contributed by atoms with Crippen molar-refractivity contribution >= 4 is 16.7 Å². The molecule has 0 aliphatic heterocycles. The van der Waals surface area contributed by atoms with Crippen LogP contribution in [0.5, 0.6) is 5.75 Å². The largest absolute Gasteiger partial charge is 0.494 e. The van der Waals surface area contributed by atoms with Gasteiger partial charge in [-0.25, -0.2) is 4.39 Å². The number of carbonyl (C=O) groups is 1. The molecule has 0 aliphatic rings. The molecule has 0 fully saturated rings. The molecule has 0 saturated heterocycles. The maximum Gasteiger partial charge on any atom is 0.279 e. The average Bonchev–Trinajstić information content (AvgIpc) is 2.80. The van der Waals surface area contributed by atoms with Gasteiger partial charge in [0, 0.05) is 5.39 Å². The second-order valence-corrected chi connectivity index (χ2v) is 7.04. The summed E-state index contributed by atoms with van der Waals surface area (Å²) < 4.78 is 20.2. The fraction of sp³-hybridized carbons (Fsp3) is 0.125. The summed E-state index contributed by atoms with van der Waals surface area (Å²) in [5, 5.41) is 8.04. The molecular formula is C24H20FN3O3. The van der Waals surface area contributed by atoms with Crippen molar-refractivity contribution in [3.63, 3.8) is 0 Å². The fourth-order valence-electron chi connectivity index (χ4n) is 3.40. The minimum atomic E-state index is -0.512. The molecule has 156 valence electrons. The summed E-state index contributed by atoms with van der Waals surface area (Å²) in [6.07, 6.45) is 0. The minimum Gasteiger partial charge on any atom is -0.494 e. The topological polar surface area (TPSA) is 73.2 Å². The first-order valence-electron chi connectivity index (χ1n) is 9.71. The van der Waals surface area contributed by atoms with Crippen LogP contribution in [0.4, 0.5) is 4.39 Å².